The number of esters is 2. The molecule has 0 N–H and O–H groups in total. The molecule has 0 unspecified atom stereocenters. The van der Waals surface area contributed by atoms with E-state index in [0.717, 1.165) is 43.7 Å². The zero-order chi connectivity index (χ0) is 23.6. The molecule has 178 valence electrons. The fraction of sp³-hybridized carbons (Fsp3) is 0.481. The zero-order valence-electron chi connectivity index (χ0n) is 19.7. The van der Waals surface area contributed by atoms with Crippen LogP contribution in [0.25, 0.3) is 0 Å². The third-order valence-electron chi connectivity index (χ3n) is 8.36. The Morgan fingerprint density at radius 1 is 1.12 bits per heavy atom. The van der Waals surface area contributed by atoms with E-state index in [2.05, 4.69) is 18.0 Å². The fourth-order valence-corrected chi connectivity index (χ4v) is 7.04. The lowest BCUT2D eigenvalue weighted by atomic mass is 9.51. The maximum absolute atomic E-state index is 13.3. The maximum Gasteiger partial charge on any atom is 0.342 e. The predicted octanol–water partition coefficient (Wildman–Crippen LogP) is 3.52. The number of methoxy groups -OCH3 is 1. The highest BCUT2D eigenvalue weighted by molar-refractivity contribution is 5.93. The van der Waals surface area contributed by atoms with Crippen molar-refractivity contribution in [2.24, 2.45) is 5.92 Å². The van der Waals surface area contributed by atoms with Gasteiger partial charge in [-0.2, -0.15) is 0 Å². The third-order valence-corrected chi connectivity index (χ3v) is 8.36. The van der Waals surface area contributed by atoms with E-state index in [1.807, 2.05) is 6.07 Å². The monoisotopic (exact) mass is 463 g/mol. The van der Waals surface area contributed by atoms with Gasteiger partial charge in [-0.3, -0.25) is 4.79 Å². The van der Waals surface area contributed by atoms with Crippen molar-refractivity contribution in [3.8, 4) is 17.2 Å². The average molecular weight is 464 g/mol. The zero-order valence-corrected chi connectivity index (χ0v) is 19.7. The van der Waals surface area contributed by atoms with Gasteiger partial charge in [-0.25, -0.2) is 4.79 Å². The van der Waals surface area contributed by atoms with Crippen LogP contribution >= 0.6 is 0 Å². The molecule has 6 rings (SSSR count). The van der Waals surface area contributed by atoms with Gasteiger partial charge in [0.15, 0.2) is 11.5 Å². The lowest BCUT2D eigenvalue weighted by Gasteiger charge is -2.58. The lowest BCUT2D eigenvalue weighted by Crippen LogP contribution is -2.66. The van der Waals surface area contributed by atoms with Crippen molar-refractivity contribution in [1.82, 2.24) is 4.90 Å². The summed E-state index contributed by atoms with van der Waals surface area (Å²) in [7, 11) is 3.89. The summed E-state index contributed by atoms with van der Waals surface area (Å²) in [4.78, 5) is 27.3. The van der Waals surface area contributed by atoms with E-state index < -0.39 is 18.0 Å². The highest BCUT2D eigenvalue weighted by Gasteiger charge is 2.66. The topological polar surface area (TPSA) is 74.3 Å². The van der Waals surface area contributed by atoms with Gasteiger partial charge in [0.1, 0.15) is 23.5 Å². The summed E-state index contributed by atoms with van der Waals surface area (Å²) in [6.45, 7) is 2.30. The smallest absolute Gasteiger partial charge is 0.342 e. The van der Waals surface area contributed by atoms with Gasteiger partial charge in [-0.05, 0) is 69.0 Å². The van der Waals surface area contributed by atoms with Crippen molar-refractivity contribution in [2.45, 2.75) is 56.3 Å². The second kappa shape index (κ2) is 7.73. The van der Waals surface area contributed by atoms with Gasteiger partial charge in [0, 0.05) is 23.9 Å². The Balaban J connectivity index is 1.38. The molecule has 1 saturated carbocycles. The number of benzene rings is 2. The predicted molar refractivity (Wildman–Crippen MR) is 124 cm³/mol. The van der Waals surface area contributed by atoms with Gasteiger partial charge in [0.05, 0.1) is 7.11 Å². The van der Waals surface area contributed by atoms with Gasteiger partial charge in [0.2, 0.25) is 0 Å². The first-order valence-electron chi connectivity index (χ1n) is 12.0. The van der Waals surface area contributed by atoms with Crippen molar-refractivity contribution in [3.63, 3.8) is 0 Å². The Morgan fingerprint density at radius 2 is 1.94 bits per heavy atom. The molecule has 34 heavy (non-hydrogen) atoms. The molecule has 1 spiro atoms. The Morgan fingerprint density at radius 3 is 2.74 bits per heavy atom. The molecule has 5 atom stereocenters. The lowest BCUT2D eigenvalue weighted by molar-refractivity contribution is -0.131. The number of hydrogen-bond acceptors (Lipinski definition) is 7. The van der Waals surface area contributed by atoms with Gasteiger partial charge < -0.3 is 23.8 Å². The van der Waals surface area contributed by atoms with E-state index >= 15 is 0 Å². The number of rotatable bonds is 4. The van der Waals surface area contributed by atoms with E-state index in [4.69, 9.17) is 18.9 Å². The largest absolute Gasteiger partial charge is 0.493 e. The number of carbonyl (C=O) groups is 2. The SMILES string of the molecule is COc1ccc2c3c1O[C@H]1[C@@H](OC(=O)c4ccccc4OC(C)=O)CC[C@H]4[C@@H](C2)N(C)CC[C@@]341. The van der Waals surface area contributed by atoms with E-state index in [1.54, 1.807) is 31.4 Å². The molecule has 7 heteroatoms. The second-order valence-electron chi connectivity index (χ2n) is 9.93. The van der Waals surface area contributed by atoms with E-state index in [1.165, 1.54) is 18.1 Å². The number of ether oxygens (including phenoxy) is 4. The molecule has 2 aromatic carbocycles. The maximum atomic E-state index is 13.3. The molecule has 2 heterocycles. The first-order chi connectivity index (χ1) is 16.4. The van der Waals surface area contributed by atoms with Crippen LogP contribution in [-0.4, -0.2) is 55.8 Å². The first-order valence-corrected chi connectivity index (χ1v) is 12.0. The summed E-state index contributed by atoms with van der Waals surface area (Å²) >= 11 is 0. The molecule has 2 aromatic rings. The fourth-order valence-electron chi connectivity index (χ4n) is 7.04. The first kappa shape index (κ1) is 21.5. The van der Waals surface area contributed by atoms with E-state index in [9.17, 15) is 9.59 Å². The van der Waals surface area contributed by atoms with Crippen LogP contribution in [0.5, 0.6) is 17.2 Å². The van der Waals surface area contributed by atoms with Crippen molar-refractivity contribution < 1.29 is 28.5 Å². The number of likely N-dealkylation sites (tertiary alicyclic amines) is 1. The normalized spacial score (nSPS) is 30.7. The van der Waals surface area contributed by atoms with Crippen LogP contribution in [-0.2, 0) is 21.4 Å². The van der Waals surface area contributed by atoms with E-state index in [-0.39, 0.29) is 22.8 Å². The molecule has 2 aliphatic carbocycles. The minimum absolute atomic E-state index is 0.187. The van der Waals surface area contributed by atoms with Crippen LogP contribution in [0.4, 0.5) is 0 Å². The van der Waals surface area contributed by atoms with Gasteiger partial charge in [0.25, 0.3) is 0 Å². The van der Waals surface area contributed by atoms with Gasteiger partial charge >= 0.3 is 11.9 Å². The highest BCUT2D eigenvalue weighted by atomic mass is 16.6. The van der Waals surface area contributed by atoms with Crippen LogP contribution in [0.15, 0.2) is 36.4 Å². The molecule has 2 fully saturated rings. The number of para-hydroxylation sites is 1. The standard InChI is InChI=1S/C27H29NO6/c1-15(29)32-20-7-5-4-6-17(20)26(30)33-22-11-9-18-19-14-16-8-10-21(31-3)24-23(16)27(18,25(22)34-24)12-13-28(19)2/h4-8,10,18-19,22,25H,9,11-14H2,1-3H3/t18-,19+,22-,25-,27-/m0/s1. The molecule has 0 amide bonds. The van der Waals surface area contributed by atoms with Gasteiger partial charge in [-0.15, -0.1) is 0 Å². The number of nitrogens with zero attached hydrogens (tertiary/aromatic N) is 1. The second-order valence-corrected chi connectivity index (χ2v) is 9.93. The minimum Gasteiger partial charge on any atom is -0.493 e. The van der Waals surface area contributed by atoms with Crippen molar-refractivity contribution in [2.75, 3.05) is 20.7 Å². The Bertz CT molecular complexity index is 1180. The number of likely N-dealkylation sites (N-methyl/N-ethyl adjacent to an activating group) is 1. The summed E-state index contributed by atoms with van der Waals surface area (Å²) in [6, 6.07) is 11.3. The van der Waals surface area contributed by atoms with Crippen LogP contribution < -0.4 is 14.2 Å². The quantitative estimate of drug-likeness (QED) is 0.507. The molecule has 0 aromatic heterocycles. The van der Waals surface area contributed by atoms with Crippen molar-refractivity contribution in [1.29, 1.82) is 0 Å². The van der Waals surface area contributed by atoms with Crippen molar-refractivity contribution in [3.05, 3.63) is 53.1 Å². The summed E-state index contributed by atoms with van der Waals surface area (Å²) in [5.74, 6) is 1.24. The average Bonchev–Trinajstić information content (AvgIpc) is 3.17. The molecular formula is C27H29NO6. The van der Waals surface area contributed by atoms with Crippen LogP contribution in [0.2, 0.25) is 0 Å². The summed E-state index contributed by atoms with van der Waals surface area (Å²) in [5, 5.41) is 0. The Labute approximate surface area is 198 Å². The molecule has 4 aliphatic rings. The summed E-state index contributed by atoms with van der Waals surface area (Å²) in [5.41, 5.74) is 2.65. The van der Waals surface area contributed by atoms with Crippen LogP contribution in [0, 0.1) is 5.92 Å². The van der Waals surface area contributed by atoms with Crippen LogP contribution in [0.3, 0.4) is 0 Å². The Hall–Kier alpha value is -3.06. The third kappa shape index (κ3) is 2.92. The molecule has 2 aliphatic heterocycles. The number of hydrogen-bond donors (Lipinski definition) is 0. The molecule has 0 radical (unpaired) electrons. The molecule has 2 bridgehead atoms. The molecular weight excluding hydrogens is 434 g/mol. The molecule has 7 nitrogen and oxygen atoms in total. The van der Waals surface area contributed by atoms with E-state index in [0.29, 0.717) is 12.0 Å². The number of carbonyl (C=O) groups excluding carboxylic acids is 2. The number of piperidine rings is 1. The summed E-state index contributed by atoms with van der Waals surface area (Å²) in [6.07, 6.45) is 2.99. The Kier molecular flexibility index (Phi) is 4.88. The summed E-state index contributed by atoms with van der Waals surface area (Å²) < 4.78 is 23.7. The van der Waals surface area contributed by atoms with Crippen LogP contribution in [0.1, 0.15) is 47.7 Å². The van der Waals surface area contributed by atoms with Gasteiger partial charge in [-0.1, -0.05) is 18.2 Å². The minimum atomic E-state index is -0.497. The highest BCUT2D eigenvalue weighted by Crippen LogP contribution is 2.64. The van der Waals surface area contributed by atoms with Crippen molar-refractivity contribution >= 4 is 11.9 Å². The molecule has 1 saturated heterocycles.